The third kappa shape index (κ3) is 2.75. The number of aliphatic imine (C=N–C) groups is 1. The molecular weight excluding hydrogens is 290 g/mol. The average Bonchev–Trinajstić information content (AvgIpc) is 2.54. The predicted molar refractivity (Wildman–Crippen MR) is 106 cm³/mol. The molecule has 3 rings (SSSR count). The molecule has 1 heteroatoms. The monoisotopic (exact) mass is 315 g/mol. The maximum Gasteiger partial charge on any atom is 0.0721 e. The molecule has 0 bridgehead atoms. The Labute approximate surface area is 145 Å². The van der Waals surface area contributed by atoms with Gasteiger partial charge in [-0.25, -0.2) is 0 Å². The van der Waals surface area contributed by atoms with Gasteiger partial charge in [-0.15, -0.1) is 0 Å². The Morgan fingerprint density at radius 1 is 0.708 bits per heavy atom. The molecule has 0 fully saturated rings. The predicted octanol–water partition coefficient (Wildman–Crippen LogP) is 5.85. The highest BCUT2D eigenvalue weighted by molar-refractivity contribution is 6.16. The zero-order chi connectivity index (χ0) is 17.4. The Morgan fingerprint density at radius 2 is 1.46 bits per heavy atom. The van der Waals surface area contributed by atoms with Crippen LogP contribution < -0.4 is 0 Å². The van der Waals surface area contributed by atoms with Gasteiger partial charge in [0.2, 0.25) is 0 Å². The van der Waals surface area contributed by atoms with Crippen molar-refractivity contribution in [2.24, 2.45) is 4.99 Å². The first kappa shape index (κ1) is 16.4. The Balaban J connectivity index is 2.25. The van der Waals surface area contributed by atoms with Gasteiger partial charge in [0.1, 0.15) is 0 Å². The van der Waals surface area contributed by atoms with Gasteiger partial charge in [0.15, 0.2) is 0 Å². The molecule has 3 aromatic carbocycles. The number of rotatable bonds is 2. The Morgan fingerprint density at radius 3 is 2.17 bits per heavy atom. The molecule has 0 atom stereocenters. The molecule has 0 saturated carbocycles. The third-order valence-electron chi connectivity index (χ3n) is 4.99. The van der Waals surface area contributed by atoms with Crippen molar-refractivity contribution in [3.05, 3.63) is 81.4 Å². The molecule has 0 aliphatic heterocycles. The van der Waals surface area contributed by atoms with Gasteiger partial charge >= 0.3 is 0 Å². The maximum atomic E-state index is 4.67. The van der Waals surface area contributed by atoms with Gasteiger partial charge in [0, 0.05) is 18.2 Å². The number of benzene rings is 3. The molecule has 1 nitrogen and oxygen atoms in total. The first-order valence-corrected chi connectivity index (χ1v) is 8.47. The van der Waals surface area contributed by atoms with Crippen LogP contribution in [-0.4, -0.2) is 12.8 Å². The highest BCUT2D eigenvalue weighted by Crippen LogP contribution is 2.27. The molecule has 0 saturated heterocycles. The van der Waals surface area contributed by atoms with E-state index in [4.69, 9.17) is 0 Å². The van der Waals surface area contributed by atoms with E-state index in [9.17, 15) is 0 Å². The van der Waals surface area contributed by atoms with E-state index < -0.39 is 0 Å². The smallest absolute Gasteiger partial charge is 0.0721 e. The number of aryl methyl sites for hydroxylation is 4. The topological polar surface area (TPSA) is 12.4 Å². The molecule has 3 aromatic rings. The van der Waals surface area contributed by atoms with Gasteiger partial charge in [0.25, 0.3) is 0 Å². The quantitative estimate of drug-likeness (QED) is 0.526. The Kier molecular flexibility index (Phi) is 4.28. The summed E-state index contributed by atoms with van der Waals surface area (Å²) in [5.41, 5.74) is 10.1. The molecule has 0 aliphatic carbocycles. The summed E-state index contributed by atoms with van der Waals surface area (Å²) in [4.78, 5) is 4.67. The average molecular weight is 315 g/mol. The fourth-order valence-corrected chi connectivity index (χ4v) is 3.53. The fourth-order valence-electron chi connectivity index (χ4n) is 3.53. The zero-order valence-electron chi connectivity index (χ0n) is 15.5. The van der Waals surface area contributed by atoms with Crippen molar-refractivity contribution in [3.8, 4) is 0 Å². The second-order valence-corrected chi connectivity index (χ2v) is 6.79. The molecule has 0 radical (unpaired) electrons. The van der Waals surface area contributed by atoms with Crippen LogP contribution in [0, 0.1) is 34.6 Å². The van der Waals surface area contributed by atoms with Crippen molar-refractivity contribution in [1.82, 2.24) is 0 Å². The summed E-state index contributed by atoms with van der Waals surface area (Å²) >= 11 is 0. The molecule has 0 spiro atoms. The summed E-state index contributed by atoms with van der Waals surface area (Å²) in [5.74, 6) is 0. The largest absolute Gasteiger partial charge is 0.287 e. The van der Waals surface area contributed by atoms with Gasteiger partial charge in [-0.05, 0) is 68.1 Å². The summed E-state index contributed by atoms with van der Waals surface area (Å²) in [6.45, 7) is 10.9. The van der Waals surface area contributed by atoms with Crippen molar-refractivity contribution in [2.75, 3.05) is 7.05 Å². The van der Waals surface area contributed by atoms with E-state index in [1.807, 2.05) is 7.05 Å². The highest BCUT2D eigenvalue weighted by Gasteiger charge is 2.15. The molecule has 0 aromatic heterocycles. The maximum absolute atomic E-state index is 4.67. The lowest BCUT2D eigenvalue weighted by molar-refractivity contribution is 1.27. The minimum absolute atomic E-state index is 1.08. The second kappa shape index (κ2) is 6.24. The van der Waals surface area contributed by atoms with Crippen LogP contribution in [0.4, 0.5) is 0 Å². The molecule has 0 unspecified atom stereocenters. The van der Waals surface area contributed by atoms with Crippen molar-refractivity contribution >= 4 is 16.5 Å². The lowest BCUT2D eigenvalue weighted by Crippen LogP contribution is -2.09. The van der Waals surface area contributed by atoms with Crippen molar-refractivity contribution in [2.45, 2.75) is 34.6 Å². The zero-order valence-corrected chi connectivity index (χ0v) is 15.5. The Hall–Kier alpha value is -2.41. The van der Waals surface area contributed by atoms with E-state index in [2.05, 4.69) is 82.1 Å². The molecule has 0 heterocycles. The van der Waals surface area contributed by atoms with E-state index in [0.717, 1.165) is 5.71 Å². The van der Waals surface area contributed by atoms with E-state index in [1.165, 1.54) is 49.7 Å². The molecular formula is C23H25N. The molecule has 24 heavy (non-hydrogen) atoms. The summed E-state index contributed by atoms with van der Waals surface area (Å²) in [7, 11) is 1.89. The third-order valence-corrected chi connectivity index (χ3v) is 4.99. The summed E-state index contributed by atoms with van der Waals surface area (Å²) in [5, 5.41) is 2.60. The van der Waals surface area contributed by atoms with Gasteiger partial charge in [-0.1, -0.05) is 47.5 Å². The standard InChI is InChI=1S/C23H25N/c1-14-7-9-20-18(5)21(10-8-19(20)12-14)23(24-6)22-13-15(2)11-16(3)17(22)4/h7-13H,1-6H3. The molecule has 0 N–H and O–H groups in total. The highest BCUT2D eigenvalue weighted by atomic mass is 14.7. The first-order chi connectivity index (χ1) is 11.4. The normalized spacial score (nSPS) is 12.0. The van der Waals surface area contributed by atoms with E-state index in [0.29, 0.717) is 0 Å². The molecule has 0 amide bonds. The minimum atomic E-state index is 1.08. The molecule has 0 aliphatic rings. The fraction of sp³-hybridized carbons (Fsp3) is 0.261. The van der Waals surface area contributed by atoms with Crippen LogP contribution in [0.5, 0.6) is 0 Å². The number of nitrogens with zero attached hydrogens (tertiary/aromatic N) is 1. The Bertz CT molecular complexity index is 961. The van der Waals surface area contributed by atoms with Crippen LogP contribution >= 0.6 is 0 Å². The summed E-state index contributed by atoms with van der Waals surface area (Å²) in [6.07, 6.45) is 0. The van der Waals surface area contributed by atoms with Gasteiger partial charge < -0.3 is 0 Å². The number of hydrogen-bond acceptors (Lipinski definition) is 1. The van der Waals surface area contributed by atoms with Crippen molar-refractivity contribution in [3.63, 3.8) is 0 Å². The van der Waals surface area contributed by atoms with Gasteiger partial charge in [0.05, 0.1) is 5.71 Å². The van der Waals surface area contributed by atoms with E-state index >= 15 is 0 Å². The van der Waals surface area contributed by atoms with E-state index in [1.54, 1.807) is 0 Å². The van der Waals surface area contributed by atoms with Gasteiger partial charge in [-0.2, -0.15) is 0 Å². The van der Waals surface area contributed by atoms with Gasteiger partial charge in [-0.3, -0.25) is 4.99 Å². The lowest BCUT2D eigenvalue weighted by atomic mass is 9.89. The van der Waals surface area contributed by atoms with E-state index in [-0.39, 0.29) is 0 Å². The van der Waals surface area contributed by atoms with Crippen molar-refractivity contribution < 1.29 is 0 Å². The van der Waals surface area contributed by atoms with Crippen LogP contribution in [0.3, 0.4) is 0 Å². The van der Waals surface area contributed by atoms with Crippen LogP contribution in [0.1, 0.15) is 38.9 Å². The summed E-state index contributed by atoms with van der Waals surface area (Å²) < 4.78 is 0. The van der Waals surface area contributed by atoms with Crippen LogP contribution in [0.2, 0.25) is 0 Å². The second-order valence-electron chi connectivity index (χ2n) is 6.79. The van der Waals surface area contributed by atoms with Crippen LogP contribution in [0.25, 0.3) is 10.8 Å². The lowest BCUT2D eigenvalue weighted by Gasteiger charge is -2.16. The first-order valence-electron chi connectivity index (χ1n) is 8.47. The van der Waals surface area contributed by atoms with Crippen molar-refractivity contribution in [1.29, 1.82) is 0 Å². The molecule has 122 valence electrons. The van der Waals surface area contributed by atoms with Crippen LogP contribution in [-0.2, 0) is 0 Å². The SMILES string of the molecule is CN=C(c1cc(C)cc(C)c1C)c1ccc2cc(C)ccc2c1C. The minimum Gasteiger partial charge on any atom is -0.287 e. The number of hydrogen-bond donors (Lipinski definition) is 0. The van der Waals surface area contributed by atoms with Crippen LogP contribution in [0.15, 0.2) is 47.5 Å². The number of fused-ring (bicyclic) bond motifs is 1. The summed E-state index contributed by atoms with van der Waals surface area (Å²) in [6, 6.07) is 15.6.